The molecule has 0 atom stereocenters. The van der Waals surface area contributed by atoms with E-state index in [2.05, 4.69) is 18.2 Å². The predicted octanol–water partition coefficient (Wildman–Crippen LogP) is 29.5. The number of nitrogens with two attached hydrogens (primary N) is 2. The second-order valence-electron chi connectivity index (χ2n) is 24.7. The summed E-state index contributed by atoms with van der Waals surface area (Å²) in [5.41, 5.74) is 16.0. The molecular weight excluding hydrogens is 1610 g/mol. The van der Waals surface area contributed by atoms with Crippen molar-refractivity contribution in [2.75, 3.05) is 11.5 Å². The van der Waals surface area contributed by atoms with Crippen LogP contribution < -0.4 is 30.4 Å². The van der Waals surface area contributed by atoms with E-state index in [1.165, 1.54) is 35.0 Å². The molecule has 18 aromatic rings. The van der Waals surface area contributed by atoms with Gasteiger partial charge in [-0.2, -0.15) is 0 Å². The van der Waals surface area contributed by atoms with Crippen LogP contribution in [0.2, 0.25) is 0 Å². The van der Waals surface area contributed by atoms with Crippen molar-refractivity contribution in [3.05, 3.63) is 435 Å². The van der Waals surface area contributed by atoms with Gasteiger partial charge in [-0.25, -0.2) is 8.78 Å². The molecule has 0 saturated carbocycles. The van der Waals surface area contributed by atoms with Crippen molar-refractivity contribution in [1.29, 1.82) is 0 Å². The van der Waals surface area contributed by atoms with Crippen LogP contribution in [0.15, 0.2) is 383 Å². The number of nitro groups is 4. The van der Waals surface area contributed by atoms with Crippen molar-refractivity contribution < 1.29 is 57.6 Å². The number of fused-ring (bicyclic) bond motifs is 6. The van der Waals surface area contributed by atoms with Crippen molar-refractivity contribution in [3.8, 4) is 57.5 Å². The highest BCUT2D eigenvalue weighted by Crippen LogP contribution is 2.31. The summed E-state index contributed by atoms with van der Waals surface area (Å²) in [4.78, 5) is 39.1. The van der Waals surface area contributed by atoms with Gasteiger partial charge in [-0.05, 0) is 239 Å². The molecule has 12 aromatic carbocycles. The number of halogens is 2. The number of hydrogen-bond acceptors (Lipinski definition) is 16. The van der Waals surface area contributed by atoms with Gasteiger partial charge in [0.1, 0.15) is 69.1 Å². The molecule has 0 fully saturated rings. The third-order valence-electron chi connectivity index (χ3n) is 16.5. The van der Waals surface area contributed by atoms with Gasteiger partial charge in [0.15, 0.2) is 0 Å². The lowest BCUT2D eigenvalue weighted by Gasteiger charge is -2.07. The number of phenols is 1. The number of nitrogens with zero attached hydrogens (tertiary/aromatic N) is 7. The lowest BCUT2D eigenvalue weighted by molar-refractivity contribution is -0.385. The van der Waals surface area contributed by atoms with E-state index in [9.17, 15) is 49.2 Å². The van der Waals surface area contributed by atoms with Gasteiger partial charge in [-0.3, -0.25) is 40.5 Å². The van der Waals surface area contributed by atoms with E-state index in [1.807, 2.05) is 340 Å². The zero-order chi connectivity index (χ0) is 93.0. The van der Waals surface area contributed by atoms with Crippen LogP contribution in [-0.2, 0) is 0 Å². The molecule has 6 heterocycles. The SMILES string of the molecule is CC.CC.CC.CC.CC.CC.Nc1ccc(Oc2ccc3ccccc3c2)cc1.Nc1ccc(Oc2ccc3cccn3c2)cc1.O=[N+]([O-])c1ccc(F)cc1.O=[N+]([O-])c1ccc(F)cc1.O=[N+]([O-])c1ccc(Oc2ccc3ccccc3c2)cc1.O=[N+]([O-])c1ccc(Oc2ccc3cccn3c2)cc1.Oc1ccc2ccccc2c1.Oc1ccc2cccn2c1. The zero-order valence-corrected chi connectivity index (χ0v) is 72.7. The van der Waals surface area contributed by atoms with Crippen molar-refractivity contribution in [1.82, 2.24) is 13.2 Å². The fourth-order valence-corrected chi connectivity index (χ4v) is 10.8. The van der Waals surface area contributed by atoms with E-state index in [0.29, 0.717) is 34.5 Å². The molecule has 0 aliphatic carbocycles. The average molecular weight is 1720 g/mol. The van der Waals surface area contributed by atoms with Crippen LogP contribution in [0.5, 0.6) is 57.5 Å². The minimum Gasteiger partial charge on any atom is -0.508 e. The Hall–Kier alpha value is -16.4. The summed E-state index contributed by atoms with van der Waals surface area (Å²) in [6, 6.07) is 100. The fourth-order valence-electron chi connectivity index (χ4n) is 10.8. The first-order chi connectivity index (χ1) is 61.7. The van der Waals surface area contributed by atoms with Gasteiger partial charge in [-0.1, -0.05) is 174 Å². The number of rotatable bonds is 12. The van der Waals surface area contributed by atoms with Crippen LogP contribution in [-0.4, -0.2) is 43.1 Å². The van der Waals surface area contributed by atoms with E-state index in [0.717, 1.165) is 121 Å². The van der Waals surface area contributed by atoms with Crippen molar-refractivity contribution in [3.63, 3.8) is 0 Å². The van der Waals surface area contributed by atoms with E-state index < -0.39 is 31.3 Å². The maximum absolute atomic E-state index is 12.1. The molecule has 0 spiro atoms. The number of nitrogen functional groups attached to an aromatic ring is 2. The molecule has 0 radical (unpaired) electrons. The number of benzene rings is 12. The number of anilines is 2. The minimum atomic E-state index is -0.570. The summed E-state index contributed by atoms with van der Waals surface area (Å²) >= 11 is 0. The highest BCUT2D eigenvalue weighted by molar-refractivity contribution is 5.85. The number of phenolic OH excluding ortho intramolecular Hbond substituents is 1. The number of non-ortho nitro benzene ring substituents is 4. The van der Waals surface area contributed by atoms with Gasteiger partial charge in [0.25, 0.3) is 22.7 Å². The number of pyridine rings is 3. The van der Waals surface area contributed by atoms with Gasteiger partial charge in [0.2, 0.25) is 0 Å². The maximum atomic E-state index is 12.1. The molecule has 25 heteroatoms. The Labute approximate surface area is 737 Å². The fraction of sp³-hybridized carbons (Fsp3) is 0.118. The third kappa shape index (κ3) is 34.2. The molecule has 0 saturated heterocycles. The van der Waals surface area contributed by atoms with Crippen LogP contribution in [0, 0.1) is 52.1 Å². The molecule has 0 bridgehead atoms. The van der Waals surface area contributed by atoms with Gasteiger partial charge < -0.3 is 53.8 Å². The standard InChI is InChI=1S/C16H11NO3.C16H13NO.C14H10N2O3.C14H12N2O.C10H8O.C8H7NO.2C6H4FNO2.6C2H6/c18-17(19)14-6-9-15(10-7-14)20-16-8-5-12-3-1-2-4-13(12)11-16;17-14-6-9-15(10-7-14)18-16-8-5-12-3-1-2-4-13(12)11-16;17-16(18)12-4-6-13(7-5-12)19-14-8-3-11-2-1-9-15(11)10-14;15-11-3-6-13(7-4-11)17-14-8-5-12-2-1-9-16(12)10-14;11-10-6-5-8-3-1-2-4-9(8)7-10;10-8-4-3-7-2-1-5-9(7)6-8;2*7-5-1-3-6(4-2-5)8(9)10;6*1-2/h1-11H;1-11H,17H2;1-10H;1-10H,15H2;1-7,11H;1-6,10H;2*1-4H;6*1-2H3. The maximum Gasteiger partial charge on any atom is 0.269 e. The first kappa shape index (κ1) is 101. The second kappa shape index (κ2) is 55.5. The van der Waals surface area contributed by atoms with Crippen molar-refractivity contribution in [2.24, 2.45) is 0 Å². The second-order valence-corrected chi connectivity index (χ2v) is 24.7. The summed E-state index contributed by atoms with van der Waals surface area (Å²) in [6.45, 7) is 24.0. The van der Waals surface area contributed by atoms with Crippen LogP contribution in [0.25, 0.3) is 48.9 Å². The largest absolute Gasteiger partial charge is 0.508 e. The summed E-state index contributed by atoms with van der Waals surface area (Å²) < 4.78 is 53.0. The number of hydrogen-bond donors (Lipinski definition) is 4. The molecule has 0 aliphatic heterocycles. The molecule has 18 rings (SSSR count). The average Bonchev–Trinajstić information content (AvgIpc) is 1.62. The zero-order valence-electron chi connectivity index (χ0n) is 72.7. The number of ether oxygens (including phenoxy) is 4. The van der Waals surface area contributed by atoms with Crippen molar-refractivity contribution >= 4 is 83.0 Å². The van der Waals surface area contributed by atoms with Gasteiger partial charge in [0, 0.05) is 95.0 Å². The first-order valence-electron chi connectivity index (χ1n) is 40.9. The smallest absolute Gasteiger partial charge is 0.269 e. The highest BCUT2D eigenvalue weighted by Gasteiger charge is 2.10. The molecule has 0 aliphatic rings. The highest BCUT2D eigenvalue weighted by atomic mass is 19.1. The number of aromatic nitrogens is 3. The third-order valence-corrected chi connectivity index (χ3v) is 16.5. The summed E-state index contributed by atoms with van der Waals surface area (Å²) in [5, 5.41) is 66.1. The van der Waals surface area contributed by atoms with E-state index in [-0.39, 0.29) is 22.7 Å². The van der Waals surface area contributed by atoms with E-state index in [1.54, 1.807) is 48.7 Å². The van der Waals surface area contributed by atoms with E-state index in [4.69, 9.17) is 40.6 Å². The minimum absolute atomic E-state index is 0.0493. The molecule has 23 nitrogen and oxygen atoms in total. The Bertz CT molecular complexity index is 6220. The topological polar surface area (TPSA) is 315 Å². The molecule has 6 N–H and O–H groups in total. The Morgan fingerprint density at radius 3 is 0.803 bits per heavy atom. The van der Waals surface area contributed by atoms with Crippen LogP contribution in [0.1, 0.15) is 83.1 Å². The molecule has 127 heavy (non-hydrogen) atoms. The molecule has 0 amide bonds. The Morgan fingerprint density at radius 1 is 0.252 bits per heavy atom. The monoisotopic (exact) mass is 1720 g/mol. The quantitative estimate of drug-likeness (QED) is 0.0502. The van der Waals surface area contributed by atoms with Gasteiger partial charge >= 0.3 is 0 Å². The van der Waals surface area contributed by atoms with Gasteiger partial charge in [0.05, 0.1) is 38.3 Å². The van der Waals surface area contributed by atoms with E-state index >= 15 is 0 Å². The van der Waals surface area contributed by atoms with Gasteiger partial charge in [-0.15, -0.1) is 0 Å². The molecule has 0 unspecified atom stereocenters. The van der Waals surface area contributed by atoms with Crippen LogP contribution in [0.3, 0.4) is 0 Å². The molecular formula is C102H105F2N9O14. The normalized spacial score (nSPS) is 9.56. The Balaban J connectivity index is 0.000000256. The number of aromatic hydroxyl groups is 2. The number of nitro benzene ring substituents is 4. The van der Waals surface area contributed by atoms with Crippen LogP contribution >= 0.6 is 0 Å². The predicted molar refractivity (Wildman–Crippen MR) is 510 cm³/mol. The van der Waals surface area contributed by atoms with Crippen LogP contribution in [0.4, 0.5) is 42.9 Å². The van der Waals surface area contributed by atoms with Crippen molar-refractivity contribution in [2.45, 2.75) is 83.1 Å². The lowest BCUT2D eigenvalue weighted by atomic mass is 10.1. The lowest BCUT2D eigenvalue weighted by Crippen LogP contribution is -1.89. The first-order valence-corrected chi connectivity index (χ1v) is 40.9. The summed E-state index contributed by atoms with van der Waals surface area (Å²) in [6.07, 6.45) is 11.3. The summed E-state index contributed by atoms with van der Waals surface area (Å²) in [7, 11) is 0. The Kier molecular flexibility index (Phi) is 44.2. The summed E-state index contributed by atoms with van der Waals surface area (Å²) in [5.74, 6) is 5.42. The molecule has 6 aromatic heterocycles. The Morgan fingerprint density at radius 2 is 0.488 bits per heavy atom. The molecule has 656 valence electrons.